The van der Waals surface area contributed by atoms with Gasteiger partial charge in [0.1, 0.15) is 11.6 Å². The van der Waals surface area contributed by atoms with E-state index in [4.69, 9.17) is 46.0 Å². The molecule has 0 saturated carbocycles. The molecule has 0 aliphatic heterocycles. The zero-order chi connectivity index (χ0) is 83.3. The summed E-state index contributed by atoms with van der Waals surface area (Å²) in [6.45, 7) is 8.22. The maximum absolute atomic E-state index is 14.1. The molecule has 606 valence electrons. The van der Waals surface area contributed by atoms with Crippen molar-refractivity contribution in [1.29, 1.82) is 0 Å². The quantitative estimate of drug-likeness (QED) is 0.0438. The van der Waals surface area contributed by atoms with Gasteiger partial charge in [-0.3, -0.25) is 28.8 Å². The van der Waals surface area contributed by atoms with Crippen LogP contribution in [0.25, 0.3) is 62.0 Å². The van der Waals surface area contributed by atoms with Crippen LogP contribution in [0.2, 0.25) is 10.0 Å². The number of nitrogens with zero attached hydrogens (tertiary/aromatic N) is 12. The van der Waals surface area contributed by atoms with Crippen LogP contribution in [0.1, 0.15) is 63.8 Å². The number of aromatic nitrogens is 18. The highest BCUT2D eigenvalue weighted by molar-refractivity contribution is 6.33. The third kappa shape index (κ3) is 22.0. The summed E-state index contributed by atoms with van der Waals surface area (Å²) in [6.07, 6.45) is 39.7. The van der Waals surface area contributed by atoms with E-state index >= 15 is 0 Å². The fraction of sp³-hybridized carbons (Fsp3) is 0.153. The zero-order valence-corrected chi connectivity index (χ0v) is 65.4. The Morgan fingerprint density at radius 3 is 1.29 bits per heavy atom. The highest BCUT2D eigenvalue weighted by atomic mass is 35.5. The second-order valence-electron chi connectivity index (χ2n) is 27.2. The fourth-order valence-corrected chi connectivity index (χ4v) is 13.5. The number of aromatic amines is 6. The van der Waals surface area contributed by atoms with Crippen LogP contribution < -0.4 is 38.1 Å². The van der Waals surface area contributed by atoms with Crippen LogP contribution in [0.3, 0.4) is 0 Å². The van der Waals surface area contributed by atoms with Gasteiger partial charge in [-0.1, -0.05) is 65.7 Å². The van der Waals surface area contributed by atoms with E-state index in [1.807, 2.05) is 128 Å². The molecule has 18 rings (SSSR count). The first kappa shape index (κ1) is 82.2. The number of aryl methyl sites for hydroxylation is 2. The average molecular weight is 1650 g/mol. The highest BCUT2D eigenvalue weighted by Gasteiger charge is 2.21. The van der Waals surface area contributed by atoms with Crippen molar-refractivity contribution < 1.29 is 36.0 Å². The van der Waals surface area contributed by atoms with Crippen molar-refractivity contribution in [3.63, 3.8) is 0 Å². The van der Waals surface area contributed by atoms with Gasteiger partial charge < -0.3 is 60.2 Å². The number of allylic oxidation sites excluding steroid dienone is 2. The number of halogens is 5. The van der Waals surface area contributed by atoms with Crippen LogP contribution in [-0.4, -0.2) is 95.0 Å². The van der Waals surface area contributed by atoms with E-state index in [1.165, 1.54) is 48.3 Å². The van der Waals surface area contributed by atoms with Crippen molar-refractivity contribution in [2.75, 3.05) is 7.11 Å². The summed E-state index contributed by atoms with van der Waals surface area (Å²) in [5, 5.41) is 9.78. The molecule has 17 aromatic rings. The zero-order valence-electron chi connectivity index (χ0n) is 63.9. The van der Waals surface area contributed by atoms with E-state index in [2.05, 4.69) is 85.0 Å². The Kier molecular flexibility index (Phi) is 27.0. The Bertz CT molecular complexity index is 6370. The SMILES string of the molecule is COc1cc(Cn2ccnc2)ccc1-c1cc(=O)[nH]o1.Cc1cc(-c2cc(=O)[nH]o2)cc(C)c1Cn1ccnc1.O=c1[nH]ccc(-c2ccc(Cn3ccnc3)cc2)c1F.O=c1[nH]ccc(C2=CCC(Cn3ccnc3)CC2)c1F.O=c1cc(-c2cc(F)c(Cn3ccnc3)c(Cl)c2)o[nH]1.O=c1cc(-c2ccc(Cn3ccnc3)cc2Cl)o[nH]1. The minimum absolute atomic E-state index is 0.224. The van der Waals surface area contributed by atoms with Crippen LogP contribution in [0.5, 0.6) is 5.75 Å². The predicted octanol–water partition coefficient (Wildman–Crippen LogP) is 14.6. The number of rotatable bonds is 19. The van der Waals surface area contributed by atoms with Crippen molar-refractivity contribution in [3.8, 4) is 62.2 Å². The minimum atomic E-state index is -0.755. The average Bonchev–Trinajstić information content (AvgIpc) is 1.82. The molecular formula is C85H75Cl2F3N18O11. The number of hydrogen-bond acceptors (Lipinski definition) is 17. The summed E-state index contributed by atoms with van der Waals surface area (Å²) in [5.74, 6) is 1.00. The second kappa shape index (κ2) is 39.0. The van der Waals surface area contributed by atoms with Gasteiger partial charge in [-0.15, -0.1) is 0 Å². The van der Waals surface area contributed by atoms with Gasteiger partial charge in [0.15, 0.2) is 34.7 Å². The molecule has 1 atom stereocenters. The Labute approximate surface area is 682 Å². The largest absolute Gasteiger partial charge is 0.496 e. The van der Waals surface area contributed by atoms with Crippen LogP contribution in [-0.2, 0) is 39.3 Å². The lowest BCUT2D eigenvalue weighted by molar-refractivity contribution is 0.404. The first-order valence-corrected chi connectivity index (χ1v) is 37.5. The molecule has 1 aliphatic rings. The van der Waals surface area contributed by atoms with E-state index < -0.39 is 28.6 Å². The van der Waals surface area contributed by atoms with Gasteiger partial charge in [-0.05, 0) is 144 Å². The number of imidazole rings is 6. The number of hydrogen-bond donors (Lipinski definition) is 6. The molecule has 34 heteroatoms. The first-order chi connectivity index (χ1) is 57.7. The molecule has 6 N–H and O–H groups in total. The monoisotopic (exact) mass is 1650 g/mol. The molecule has 0 radical (unpaired) electrons. The van der Waals surface area contributed by atoms with E-state index in [0.29, 0.717) is 87.0 Å². The van der Waals surface area contributed by atoms with Crippen LogP contribution in [0, 0.1) is 37.2 Å². The molecular weight excluding hydrogens is 1580 g/mol. The van der Waals surface area contributed by atoms with E-state index in [9.17, 15) is 41.9 Å². The number of nitrogens with one attached hydrogen (secondary N) is 6. The molecule has 0 saturated heterocycles. The molecule has 29 nitrogen and oxygen atoms in total. The molecule has 119 heavy (non-hydrogen) atoms. The first-order valence-electron chi connectivity index (χ1n) is 36.8. The normalized spacial score (nSPS) is 12.1. The minimum Gasteiger partial charge on any atom is -0.496 e. The number of pyridine rings is 2. The smallest absolute Gasteiger partial charge is 0.284 e. The summed E-state index contributed by atoms with van der Waals surface area (Å²) in [7, 11) is 1.59. The molecule has 12 heterocycles. The van der Waals surface area contributed by atoms with Crippen molar-refractivity contribution in [2.45, 2.75) is 72.4 Å². The van der Waals surface area contributed by atoms with Crippen LogP contribution in [0.15, 0.2) is 299 Å². The number of benzene rings is 5. The summed E-state index contributed by atoms with van der Waals surface area (Å²) in [4.78, 5) is 95.5. The Hall–Kier alpha value is -14.8. The molecule has 1 aliphatic carbocycles. The van der Waals surface area contributed by atoms with Gasteiger partial charge in [-0.25, -0.2) is 43.1 Å². The second-order valence-corrected chi connectivity index (χ2v) is 28.0. The summed E-state index contributed by atoms with van der Waals surface area (Å²) < 4.78 is 78.9. The van der Waals surface area contributed by atoms with Crippen molar-refractivity contribution in [3.05, 3.63) is 386 Å². The lowest BCUT2D eigenvalue weighted by atomic mass is 9.86. The van der Waals surface area contributed by atoms with Gasteiger partial charge in [0.25, 0.3) is 33.4 Å². The van der Waals surface area contributed by atoms with Crippen LogP contribution >= 0.6 is 23.2 Å². The maximum atomic E-state index is 14.1. The highest BCUT2D eigenvalue weighted by Crippen LogP contribution is 2.35. The van der Waals surface area contributed by atoms with Gasteiger partial charge in [0, 0.05) is 158 Å². The Morgan fingerprint density at radius 1 is 0.429 bits per heavy atom. The van der Waals surface area contributed by atoms with Crippen molar-refractivity contribution in [2.24, 2.45) is 5.92 Å². The van der Waals surface area contributed by atoms with Gasteiger partial charge in [0.05, 0.1) is 86.5 Å². The maximum Gasteiger partial charge on any atom is 0.284 e. The van der Waals surface area contributed by atoms with Gasteiger partial charge in [0.2, 0.25) is 0 Å². The summed E-state index contributed by atoms with van der Waals surface area (Å²) in [5.41, 5.74) is 9.72. The topological polar surface area (TPSA) is 366 Å². The third-order valence-corrected chi connectivity index (χ3v) is 19.5. The molecule has 1 unspecified atom stereocenters. The molecule has 0 bridgehead atoms. The molecule has 0 amide bonds. The fourth-order valence-electron chi connectivity index (χ4n) is 12.9. The van der Waals surface area contributed by atoms with E-state index in [0.717, 1.165) is 76.9 Å². The third-order valence-electron chi connectivity index (χ3n) is 18.9. The van der Waals surface area contributed by atoms with Crippen molar-refractivity contribution in [1.82, 2.24) is 87.9 Å². The Morgan fingerprint density at radius 2 is 0.849 bits per heavy atom. The van der Waals surface area contributed by atoms with E-state index in [1.54, 1.807) is 105 Å². The number of methoxy groups -OCH3 is 1. The summed E-state index contributed by atoms with van der Waals surface area (Å²) >= 11 is 12.3. The molecule has 12 aromatic heterocycles. The lowest BCUT2D eigenvalue weighted by Gasteiger charge is -2.22. The molecule has 5 aromatic carbocycles. The number of H-pyrrole nitrogens is 6. The van der Waals surface area contributed by atoms with Gasteiger partial charge >= 0.3 is 0 Å². The number of ether oxygens (including phenoxy) is 1. The lowest BCUT2D eigenvalue weighted by Crippen LogP contribution is -2.15. The van der Waals surface area contributed by atoms with Crippen LogP contribution in [0.4, 0.5) is 13.2 Å². The Balaban J connectivity index is 0.000000124. The standard InChI is InChI=1S/C15H16FN3O.C15H12FN3O.C15H15N3O2.C14H13N3O3.C13H9ClFN3O2.C13H10ClN3O2/c2*16-14-13(5-6-18-15(14)20)12-3-1-11(2-4-12)9-19-8-7-17-10-19;1-10-5-12(14-7-15(19)17-20-14)6-11(2)13(10)8-18-4-3-16-9-18;1-19-12-6-10(8-17-5-4-15-9-17)2-3-11(12)13-7-14(18)16-20-13;14-10-3-8(12-5-13(19)17-20-12)4-11(15)9(10)6-18-2-1-16-7-18;14-11-5-9(7-17-4-3-15-8-17)1-2-10(11)12-6-13(18)16-19-12/h3,5-8,10-11H,1-2,4,9H2,(H,18,20);1-8,10H,9H2,(H,18,20);3-7,9H,8H2,1-2H3,(H,17,19);2-7,9H,8H2,1H3,(H,16,18);1-5,7H,6H2,(H,17,19);1-6,8H,7H2,(H,16,18). The molecule has 0 spiro atoms. The molecule has 0 fully saturated rings. The summed E-state index contributed by atoms with van der Waals surface area (Å²) in [6, 6.07) is 34.4. The predicted molar refractivity (Wildman–Crippen MR) is 439 cm³/mol. The van der Waals surface area contributed by atoms with E-state index in [-0.39, 0.29) is 39.6 Å². The van der Waals surface area contributed by atoms with Crippen molar-refractivity contribution >= 4 is 28.8 Å². The van der Waals surface area contributed by atoms with Gasteiger partial charge in [-0.2, -0.15) is 20.6 Å².